The Bertz CT molecular complexity index is 436. The molecule has 1 saturated heterocycles. The Kier molecular flexibility index (Phi) is 4.11. The maximum atomic E-state index is 10.2. The lowest BCUT2D eigenvalue weighted by Gasteiger charge is -2.51. The van der Waals surface area contributed by atoms with Gasteiger partial charge in [0.2, 0.25) is 0 Å². The summed E-state index contributed by atoms with van der Waals surface area (Å²) in [5.74, 6) is 0.413. The molecule has 1 N–H and O–H groups in total. The predicted octanol–water partition coefficient (Wildman–Crippen LogP) is 2.30. The minimum absolute atomic E-state index is 0.126. The van der Waals surface area contributed by atoms with Crippen molar-refractivity contribution in [2.45, 2.75) is 31.9 Å². The minimum atomic E-state index is -0.126. The highest BCUT2D eigenvalue weighted by Gasteiger charge is 2.45. The van der Waals surface area contributed by atoms with Gasteiger partial charge in [-0.25, -0.2) is 0 Å². The van der Waals surface area contributed by atoms with Crippen LogP contribution in [0.15, 0.2) is 30.3 Å². The molecule has 110 valence electrons. The first-order chi connectivity index (χ1) is 9.71. The number of piperidine rings is 1. The van der Waals surface area contributed by atoms with Gasteiger partial charge in [0.15, 0.2) is 0 Å². The molecule has 1 aliphatic heterocycles. The van der Waals surface area contributed by atoms with Crippen molar-refractivity contribution in [2.75, 3.05) is 26.8 Å². The number of likely N-dealkylation sites (tertiary alicyclic amines) is 1. The maximum absolute atomic E-state index is 10.2. The van der Waals surface area contributed by atoms with Crippen molar-refractivity contribution in [2.24, 2.45) is 11.3 Å². The van der Waals surface area contributed by atoms with Gasteiger partial charge in [-0.15, -0.1) is 0 Å². The molecular formula is C17H25NO2. The van der Waals surface area contributed by atoms with E-state index in [0.29, 0.717) is 5.92 Å². The van der Waals surface area contributed by atoms with Crippen LogP contribution in [0, 0.1) is 11.3 Å². The highest BCUT2D eigenvalue weighted by molar-refractivity contribution is 5.15. The molecule has 0 radical (unpaired) electrons. The minimum Gasteiger partial charge on any atom is -0.393 e. The van der Waals surface area contributed by atoms with E-state index in [1.54, 1.807) is 7.11 Å². The molecule has 2 aliphatic rings. The summed E-state index contributed by atoms with van der Waals surface area (Å²) in [7, 11) is 1.80. The molecule has 1 saturated carbocycles. The van der Waals surface area contributed by atoms with E-state index in [9.17, 15) is 5.11 Å². The zero-order valence-electron chi connectivity index (χ0n) is 12.3. The van der Waals surface area contributed by atoms with E-state index in [4.69, 9.17) is 4.74 Å². The molecule has 0 amide bonds. The number of fused-ring (bicyclic) bond motifs is 2. The molecule has 1 heterocycles. The topological polar surface area (TPSA) is 32.7 Å². The monoisotopic (exact) mass is 275 g/mol. The fourth-order valence-electron chi connectivity index (χ4n) is 4.13. The number of nitrogens with zero attached hydrogens (tertiary/aromatic N) is 1. The van der Waals surface area contributed by atoms with Gasteiger partial charge in [-0.3, -0.25) is 4.90 Å². The van der Waals surface area contributed by atoms with E-state index >= 15 is 0 Å². The quantitative estimate of drug-likeness (QED) is 0.915. The van der Waals surface area contributed by atoms with E-state index in [1.165, 1.54) is 5.56 Å². The summed E-state index contributed by atoms with van der Waals surface area (Å²) in [6.07, 6.45) is 3.02. The standard InChI is InChI=1S/C17H25NO2/c1-20-13-17-8-7-16(19)15(9-17)11-18(12-17)10-14-5-3-2-4-6-14/h2-6,15-16,19H,7-13H2,1H3/t15-,16-,17-/m0/s1. The summed E-state index contributed by atoms with van der Waals surface area (Å²) in [5.41, 5.74) is 1.61. The lowest BCUT2D eigenvalue weighted by atomic mass is 9.66. The highest BCUT2D eigenvalue weighted by Crippen LogP contribution is 2.44. The molecule has 0 aromatic heterocycles. The van der Waals surface area contributed by atoms with Gasteiger partial charge in [-0.2, -0.15) is 0 Å². The molecule has 1 aromatic rings. The normalized spacial score (nSPS) is 34.1. The van der Waals surface area contributed by atoms with Gasteiger partial charge >= 0.3 is 0 Å². The number of hydrogen-bond donors (Lipinski definition) is 1. The third kappa shape index (κ3) is 2.90. The second-order valence-corrected chi connectivity index (χ2v) is 6.66. The van der Waals surface area contributed by atoms with Crippen LogP contribution in [0.4, 0.5) is 0 Å². The van der Waals surface area contributed by atoms with Gasteiger partial charge < -0.3 is 9.84 Å². The van der Waals surface area contributed by atoms with Crippen molar-refractivity contribution >= 4 is 0 Å². The van der Waals surface area contributed by atoms with Crippen LogP contribution in [0.5, 0.6) is 0 Å². The highest BCUT2D eigenvalue weighted by atomic mass is 16.5. The summed E-state index contributed by atoms with van der Waals surface area (Å²) in [4.78, 5) is 2.50. The molecule has 0 unspecified atom stereocenters. The number of aliphatic hydroxyl groups excluding tert-OH is 1. The molecule has 3 atom stereocenters. The van der Waals surface area contributed by atoms with Crippen molar-refractivity contribution < 1.29 is 9.84 Å². The van der Waals surface area contributed by atoms with Crippen LogP contribution in [0.3, 0.4) is 0 Å². The Morgan fingerprint density at radius 3 is 2.90 bits per heavy atom. The van der Waals surface area contributed by atoms with E-state index in [2.05, 4.69) is 35.2 Å². The van der Waals surface area contributed by atoms with Crippen LogP contribution in [0.1, 0.15) is 24.8 Å². The lowest BCUT2D eigenvalue weighted by Crippen LogP contribution is -2.54. The van der Waals surface area contributed by atoms with Gasteiger partial charge in [-0.1, -0.05) is 30.3 Å². The SMILES string of the molecule is COC[C@]12CC[C@H](O)[C@H](CN(Cc3ccccc3)C1)C2. The van der Waals surface area contributed by atoms with Crippen LogP contribution in [-0.2, 0) is 11.3 Å². The first-order valence-corrected chi connectivity index (χ1v) is 7.64. The van der Waals surface area contributed by atoms with Crippen molar-refractivity contribution in [1.82, 2.24) is 4.90 Å². The molecule has 0 spiro atoms. The molecule has 3 heteroatoms. The third-order valence-electron chi connectivity index (χ3n) is 4.96. The number of rotatable bonds is 4. The summed E-state index contributed by atoms with van der Waals surface area (Å²) in [6.45, 7) is 3.91. The van der Waals surface area contributed by atoms with Crippen molar-refractivity contribution in [3.8, 4) is 0 Å². The van der Waals surface area contributed by atoms with Crippen LogP contribution in [-0.4, -0.2) is 42.9 Å². The average Bonchev–Trinajstić information content (AvgIpc) is 2.45. The van der Waals surface area contributed by atoms with Gasteiger partial charge in [0.1, 0.15) is 0 Å². The Balaban J connectivity index is 1.73. The fraction of sp³-hybridized carbons (Fsp3) is 0.647. The Morgan fingerprint density at radius 2 is 2.15 bits per heavy atom. The summed E-state index contributed by atoms with van der Waals surface area (Å²) >= 11 is 0. The Labute approximate surface area is 121 Å². The molecule has 3 rings (SSSR count). The maximum Gasteiger partial charge on any atom is 0.0581 e. The third-order valence-corrected chi connectivity index (χ3v) is 4.96. The smallest absolute Gasteiger partial charge is 0.0581 e. The molecule has 2 bridgehead atoms. The largest absolute Gasteiger partial charge is 0.393 e. The van der Waals surface area contributed by atoms with Crippen LogP contribution >= 0.6 is 0 Å². The second-order valence-electron chi connectivity index (χ2n) is 6.66. The molecule has 20 heavy (non-hydrogen) atoms. The van der Waals surface area contributed by atoms with E-state index in [-0.39, 0.29) is 11.5 Å². The van der Waals surface area contributed by atoms with E-state index < -0.39 is 0 Å². The molecule has 3 nitrogen and oxygen atoms in total. The Hall–Kier alpha value is -0.900. The number of ether oxygens (including phenoxy) is 1. The number of methoxy groups -OCH3 is 1. The van der Waals surface area contributed by atoms with Crippen LogP contribution in [0.25, 0.3) is 0 Å². The van der Waals surface area contributed by atoms with Crippen molar-refractivity contribution in [3.63, 3.8) is 0 Å². The molecular weight excluding hydrogens is 250 g/mol. The first kappa shape index (κ1) is 14.1. The van der Waals surface area contributed by atoms with Crippen molar-refractivity contribution in [3.05, 3.63) is 35.9 Å². The van der Waals surface area contributed by atoms with Crippen LogP contribution < -0.4 is 0 Å². The number of benzene rings is 1. The van der Waals surface area contributed by atoms with Gasteiger partial charge in [-0.05, 0) is 30.7 Å². The van der Waals surface area contributed by atoms with Gasteiger partial charge in [0, 0.05) is 32.2 Å². The summed E-state index contributed by atoms with van der Waals surface area (Å²) < 4.78 is 5.48. The van der Waals surface area contributed by atoms with Gasteiger partial charge in [0.05, 0.1) is 12.7 Å². The zero-order chi connectivity index (χ0) is 14.0. The first-order valence-electron chi connectivity index (χ1n) is 7.64. The van der Waals surface area contributed by atoms with Crippen LogP contribution in [0.2, 0.25) is 0 Å². The summed E-state index contributed by atoms with van der Waals surface area (Å²) in [6, 6.07) is 10.6. The predicted molar refractivity (Wildman–Crippen MR) is 79.4 cm³/mol. The number of hydrogen-bond acceptors (Lipinski definition) is 3. The second kappa shape index (κ2) is 5.84. The molecule has 1 aromatic carbocycles. The molecule has 1 aliphatic carbocycles. The zero-order valence-corrected chi connectivity index (χ0v) is 12.3. The van der Waals surface area contributed by atoms with Gasteiger partial charge in [0.25, 0.3) is 0 Å². The fourth-order valence-corrected chi connectivity index (χ4v) is 4.13. The van der Waals surface area contributed by atoms with E-state index in [0.717, 1.165) is 45.5 Å². The average molecular weight is 275 g/mol. The number of aliphatic hydroxyl groups is 1. The van der Waals surface area contributed by atoms with Crippen molar-refractivity contribution in [1.29, 1.82) is 0 Å². The Morgan fingerprint density at radius 1 is 1.35 bits per heavy atom. The molecule has 2 fully saturated rings. The summed E-state index contributed by atoms with van der Waals surface area (Å²) in [5, 5.41) is 10.2. The van der Waals surface area contributed by atoms with E-state index in [1.807, 2.05) is 0 Å². The lowest BCUT2D eigenvalue weighted by molar-refractivity contribution is -0.0907.